The number of para-hydroxylation sites is 1. The largest absolute Gasteiger partial charge is 0.497 e. The molecule has 0 spiro atoms. The lowest BCUT2D eigenvalue weighted by molar-refractivity contribution is -0.121. The molecule has 4 rings (SSSR count). The molecule has 1 N–H and O–H groups in total. The number of nitrogens with one attached hydrogen (secondary N) is 1. The van der Waals surface area contributed by atoms with Gasteiger partial charge >= 0.3 is 0 Å². The van der Waals surface area contributed by atoms with Crippen molar-refractivity contribution in [3.8, 4) is 5.75 Å². The van der Waals surface area contributed by atoms with Gasteiger partial charge in [-0.25, -0.2) is 8.42 Å². The smallest absolute Gasteiger partial charge is 0.240 e. The summed E-state index contributed by atoms with van der Waals surface area (Å²) in [4.78, 5) is 12.9. The minimum absolute atomic E-state index is 0.0133. The molecular weight excluding hydrogens is 448 g/mol. The number of methoxy groups -OCH3 is 1. The second-order valence-corrected chi connectivity index (χ2v) is 9.58. The first kappa shape index (κ1) is 21.9. The first-order chi connectivity index (χ1) is 15.4. The Morgan fingerprint density at radius 3 is 2.53 bits per heavy atom. The molecule has 3 aromatic carbocycles. The predicted octanol–water partition coefficient (Wildman–Crippen LogP) is 4.45. The highest BCUT2D eigenvalue weighted by Gasteiger charge is 2.23. The number of ether oxygens (including phenoxy) is 1. The number of fused-ring (bicyclic) bond motifs is 1. The van der Waals surface area contributed by atoms with Crippen molar-refractivity contribution >= 4 is 38.2 Å². The van der Waals surface area contributed by atoms with E-state index in [0.717, 1.165) is 5.56 Å². The molecule has 164 valence electrons. The van der Waals surface area contributed by atoms with E-state index < -0.39 is 9.84 Å². The maximum Gasteiger partial charge on any atom is 0.240 e. The van der Waals surface area contributed by atoms with E-state index in [1.807, 2.05) is 30.3 Å². The molecule has 0 unspecified atom stereocenters. The van der Waals surface area contributed by atoms with Gasteiger partial charge in [0.05, 0.1) is 16.9 Å². The zero-order valence-electron chi connectivity index (χ0n) is 17.3. The summed E-state index contributed by atoms with van der Waals surface area (Å²) in [7, 11) is -2.20. The normalized spacial score (nSPS) is 11.4. The zero-order valence-corrected chi connectivity index (χ0v) is 18.9. The van der Waals surface area contributed by atoms with Gasteiger partial charge < -0.3 is 14.6 Å². The summed E-state index contributed by atoms with van der Waals surface area (Å²) in [6.45, 7) is 0.325. The third kappa shape index (κ3) is 4.49. The van der Waals surface area contributed by atoms with Gasteiger partial charge in [-0.05, 0) is 48.0 Å². The predicted molar refractivity (Wildman–Crippen MR) is 124 cm³/mol. The molecule has 0 fully saturated rings. The molecule has 32 heavy (non-hydrogen) atoms. The summed E-state index contributed by atoms with van der Waals surface area (Å²) < 4.78 is 33.4. The molecule has 1 aromatic heterocycles. The highest BCUT2D eigenvalue weighted by atomic mass is 35.5. The van der Waals surface area contributed by atoms with Gasteiger partial charge in [0.1, 0.15) is 12.3 Å². The lowest BCUT2D eigenvalue weighted by Gasteiger charge is -2.08. The number of hydrogen-bond acceptors (Lipinski definition) is 4. The lowest BCUT2D eigenvalue weighted by Crippen LogP contribution is -2.26. The molecule has 0 atom stereocenters. The van der Waals surface area contributed by atoms with Crippen LogP contribution in [0.1, 0.15) is 5.56 Å². The van der Waals surface area contributed by atoms with Crippen LogP contribution in [-0.2, 0) is 27.7 Å². The van der Waals surface area contributed by atoms with Crippen molar-refractivity contribution in [3.05, 3.63) is 89.6 Å². The number of hydrogen-bond donors (Lipinski definition) is 1. The number of benzene rings is 3. The molecule has 0 radical (unpaired) electrons. The number of rotatable bonds is 7. The van der Waals surface area contributed by atoms with Crippen LogP contribution in [0.4, 0.5) is 0 Å². The van der Waals surface area contributed by atoms with Gasteiger partial charge in [-0.15, -0.1) is 0 Å². The SMILES string of the molecule is COc1cccc(CNC(=O)Cn2cc(S(=O)(=O)c3ccc(Cl)cc3)c3ccccc32)c1. The zero-order chi connectivity index (χ0) is 22.7. The first-order valence-electron chi connectivity index (χ1n) is 9.86. The van der Waals surface area contributed by atoms with Crippen LogP contribution in [0.2, 0.25) is 5.02 Å². The van der Waals surface area contributed by atoms with E-state index in [0.29, 0.717) is 28.2 Å². The maximum absolute atomic E-state index is 13.3. The molecule has 4 aromatic rings. The van der Waals surface area contributed by atoms with Crippen LogP contribution in [0.25, 0.3) is 10.9 Å². The van der Waals surface area contributed by atoms with Crippen LogP contribution < -0.4 is 10.1 Å². The van der Waals surface area contributed by atoms with Gasteiger partial charge in [-0.1, -0.05) is 41.9 Å². The quantitative estimate of drug-likeness (QED) is 0.434. The fourth-order valence-corrected chi connectivity index (χ4v) is 5.09. The van der Waals surface area contributed by atoms with Crippen molar-refractivity contribution < 1.29 is 17.9 Å². The van der Waals surface area contributed by atoms with Crippen molar-refractivity contribution in [1.82, 2.24) is 9.88 Å². The van der Waals surface area contributed by atoms with Gasteiger partial charge in [0.15, 0.2) is 0 Å². The summed E-state index contributed by atoms with van der Waals surface area (Å²) in [5, 5.41) is 3.89. The highest BCUT2D eigenvalue weighted by molar-refractivity contribution is 7.91. The average molecular weight is 469 g/mol. The van der Waals surface area contributed by atoms with Crippen molar-refractivity contribution in [2.24, 2.45) is 0 Å². The first-order valence-corrected chi connectivity index (χ1v) is 11.7. The number of carbonyl (C=O) groups is 1. The van der Waals surface area contributed by atoms with Crippen LogP contribution in [0.15, 0.2) is 88.8 Å². The van der Waals surface area contributed by atoms with Gasteiger partial charge in [0.25, 0.3) is 0 Å². The molecule has 0 bridgehead atoms. The maximum atomic E-state index is 13.3. The second kappa shape index (κ2) is 9.06. The number of carbonyl (C=O) groups excluding carboxylic acids is 1. The van der Waals surface area contributed by atoms with Crippen molar-refractivity contribution in [2.75, 3.05) is 7.11 Å². The van der Waals surface area contributed by atoms with Gasteiger partial charge in [0, 0.05) is 28.7 Å². The summed E-state index contributed by atoms with van der Waals surface area (Å²) in [6.07, 6.45) is 1.51. The van der Waals surface area contributed by atoms with E-state index in [4.69, 9.17) is 16.3 Å². The number of aromatic nitrogens is 1. The third-order valence-electron chi connectivity index (χ3n) is 5.10. The van der Waals surface area contributed by atoms with E-state index in [9.17, 15) is 13.2 Å². The van der Waals surface area contributed by atoms with Gasteiger partial charge in [-0.2, -0.15) is 0 Å². The van der Waals surface area contributed by atoms with Crippen molar-refractivity contribution in [1.29, 1.82) is 0 Å². The summed E-state index contributed by atoms with van der Waals surface area (Å²) in [5.74, 6) is 0.481. The molecule has 0 saturated heterocycles. The molecule has 0 saturated carbocycles. The highest BCUT2D eigenvalue weighted by Crippen LogP contribution is 2.30. The van der Waals surface area contributed by atoms with E-state index in [1.165, 1.54) is 18.3 Å². The minimum Gasteiger partial charge on any atom is -0.497 e. The summed E-state index contributed by atoms with van der Waals surface area (Å²) in [6, 6.07) is 20.6. The Kier molecular flexibility index (Phi) is 6.21. The summed E-state index contributed by atoms with van der Waals surface area (Å²) >= 11 is 5.90. The molecule has 1 heterocycles. The lowest BCUT2D eigenvalue weighted by atomic mass is 10.2. The Morgan fingerprint density at radius 2 is 1.78 bits per heavy atom. The Labute approximate surface area is 191 Å². The van der Waals surface area contributed by atoms with E-state index in [1.54, 1.807) is 42.0 Å². The Bertz CT molecular complexity index is 1380. The van der Waals surface area contributed by atoms with Crippen LogP contribution in [0.3, 0.4) is 0 Å². The number of halogens is 1. The molecule has 0 aliphatic heterocycles. The fourth-order valence-electron chi connectivity index (χ4n) is 3.49. The van der Waals surface area contributed by atoms with Crippen LogP contribution in [0.5, 0.6) is 5.75 Å². The van der Waals surface area contributed by atoms with Crippen molar-refractivity contribution in [3.63, 3.8) is 0 Å². The molecular formula is C24H21ClN2O4S. The minimum atomic E-state index is -3.79. The van der Waals surface area contributed by atoms with Gasteiger partial charge in [0.2, 0.25) is 15.7 Å². The number of amides is 1. The second-order valence-electron chi connectivity index (χ2n) is 7.22. The summed E-state index contributed by atoms with van der Waals surface area (Å²) in [5.41, 5.74) is 1.57. The van der Waals surface area contributed by atoms with E-state index in [2.05, 4.69) is 5.32 Å². The van der Waals surface area contributed by atoms with Crippen LogP contribution in [-0.4, -0.2) is 26.0 Å². The molecule has 6 nitrogen and oxygen atoms in total. The van der Waals surface area contributed by atoms with Crippen molar-refractivity contribution in [2.45, 2.75) is 22.9 Å². The molecule has 8 heteroatoms. The Morgan fingerprint density at radius 1 is 1.03 bits per heavy atom. The third-order valence-corrected chi connectivity index (χ3v) is 7.15. The molecule has 0 aliphatic carbocycles. The van der Waals surface area contributed by atoms with Crippen LogP contribution in [0, 0.1) is 0 Å². The monoisotopic (exact) mass is 468 g/mol. The van der Waals surface area contributed by atoms with Crippen LogP contribution >= 0.6 is 11.6 Å². The molecule has 0 aliphatic rings. The fraction of sp³-hybridized carbons (Fsp3) is 0.125. The average Bonchev–Trinajstić information content (AvgIpc) is 3.17. The number of sulfone groups is 1. The number of nitrogens with zero attached hydrogens (tertiary/aromatic N) is 1. The Hall–Kier alpha value is -3.29. The van der Waals surface area contributed by atoms with E-state index in [-0.39, 0.29) is 22.2 Å². The van der Waals surface area contributed by atoms with Gasteiger partial charge in [-0.3, -0.25) is 4.79 Å². The Balaban J connectivity index is 1.60. The topological polar surface area (TPSA) is 77.4 Å². The molecule has 1 amide bonds. The standard InChI is InChI=1S/C24H21ClN2O4S/c1-31-19-6-4-5-17(13-19)14-26-24(28)16-27-15-23(21-7-2-3-8-22(21)27)32(29,30)20-11-9-18(25)10-12-20/h2-13,15H,14,16H2,1H3,(H,26,28). The van der Waals surface area contributed by atoms with E-state index >= 15 is 0 Å².